The predicted octanol–water partition coefficient (Wildman–Crippen LogP) is 4.75. The Bertz CT molecular complexity index is 1390. The third-order valence-corrected chi connectivity index (χ3v) is 8.86. The van der Waals surface area contributed by atoms with Gasteiger partial charge in [0.05, 0.1) is 12.2 Å². The monoisotopic (exact) mass is 540 g/mol. The second-order valence-electron chi connectivity index (χ2n) is 11.4. The maximum atomic E-state index is 12.2. The van der Waals surface area contributed by atoms with Gasteiger partial charge in [-0.25, -0.2) is 4.98 Å². The van der Waals surface area contributed by atoms with Crippen molar-refractivity contribution in [3.8, 4) is 5.75 Å². The second kappa shape index (κ2) is 11.4. The molecule has 8 nitrogen and oxygen atoms in total. The van der Waals surface area contributed by atoms with Gasteiger partial charge in [0.1, 0.15) is 11.6 Å². The molecule has 6 rings (SSSR count). The first-order chi connectivity index (χ1) is 19.5. The molecule has 2 saturated heterocycles. The summed E-state index contributed by atoms with van der Waals surface area (Å²) in [5.74, 6) is 2.93. The van der Waals surface area contributed by atoms with Crippen LogP contribution in [0.25, 0.3) is 10.8 Å². The molecule has 210 valence electrons. The topological polar surface area (TPSA) is 76.0 Å². The fourth-order valence-corrected chi connectivity index (χ4v) is 6.64. The van der Waals surface area contributed by atoms with Crippen molar-refractivity contribution in [2.24, 2.45) is 5.92 Å². The first-order valence-corrected chi connectivity index (χ1v) is 14.8. The van der Waals surface area contributed by atoms with Crippen molar-refractivity contribution in [1.29, 1.82) is 0 Å². The van der Waals surface area contributed by atoms with Gasteiger partial charge in [0.2, 0.25) is 11.9 Å². The number of benzene rings is 2. The molecular weight excluding hydrogens is 500 g/mol. The van der Waals surface area contributed by atoms with Crippen LogP contribution in [0.1, 0.15) is 43.9 Å². The zero-order chi connectivity index (χ0) is 27.6. The first kappa shape index (κ1) is 26.4. The van der Waals surface area contributed by atoms with Gasteiger partial charge in [-0.1, -0.05) is 50.6 Å². The number of carbonyl (C=O) groups is 1. The Morgan fingerprint density at radius 2 is 1.77 bits per heavy atom. The van der Waals surface area contributed by atoms with Crippen molar-refractivity contribution in [2.45, 2.75) is 45.6 Å². The van der Waals surface area contributed by atoms with Gasteiger partial charge in [-0.3, -0.25) is 4.79 Å². The van der Waals surface area contributed by atoms with Crippen molar-refractivity contribution in [3.05, 3.63) is 60.3 Å². The van der Waals surface area contributed by atoms with E-state index in [0.29, 0.717) is 19.6 Å². The van der Waals surface area contributed by atoms with Crippen molar-refractivity contribution >= 4 is 34.1 Å². The Labute approximate surface area is 236 Å². The van der Waals surface area contributed by atoms with Crippen LogP contribution >= 0.6 is 0 Å². The minimum absolute atomic E-state index is 0.00557. The number of piperazine rings is 1. The molecule has 8 heteroatoms. The largest absolute Gasteiger partial charge is 0.508 e. The molecule has 2 aromatic carbocycles. The highest BCUT2D eigenvalue weighted by Crippen LogP contribution is 2.37. The number of carbonyl (C=O) groups excluding carboxylic acids is 1. The van der Waals surface area contributed by atoms with Crippen LogP contribution in [-0.2, 0) is 17.8 Å². The van der Waals surface area contributed by atoms with Gasteiger partial charge in [0.15, 0.2) is 0 Å². The van der Waals surface area contributed by atoms with Gasteiger partial charge in [-0.15, -0.1) is 0 Å². The highest BCUT2D eigenvalue weighted by Gasteiger charge is 2.30. The summed E-state index contributed by atoms with van der Waals surface area (Å²) in [6.07, 6.45) is 7.15. The zero-order valence-electron chi connectivity index (χ0n) is 23.6. The predicted molar refractivity (Wildman–Crippen MR) is 161 cm³/mol. The molecule has 1 N–H and O–H groups in total. The number of fused-ring (bicyclic) bond motifs is 2. The van der Waals surface area contributed by atoms with Crippen LogP contribution in [0.4, 0.5) is 17.5 Å². The van der Waals surface area contributed by atoms with E-state index in [9.17, 15) is 9.90 Å². The molecule has 1 amide bonds. The van der Waals surface area contributed by atoms with E-state index in [1.807, 2.05) is 29.2 Å². The lowest BCUT2D eigenvalue weighted by Crippen LogP contribution is -2.49. The molecule has 0 saturated carbocycles. The van der Waals surface area contributed by atoms with E-state index in [-0.39, 0.29) is 11.7 Å². The number of nitrogens with zero attached hydrogens (tertiary/aromatic N) is 6. The molecule has 0 aliphatic carbocycles. The van der Waals surface area contributed by atoms with E-state index in [2.05, 4.69) is 40.3 Å². The van der Waals surface area contributed by atoms with Crippen LogP contribution in [0.5, 0.6) is 5.75 Å². The number of hydrogen-bond acceptors (Lipinski definition) is 7. The number of anilines is 3. The SMILES string of the molecule is C=CC(=O)N1CCN(c2nc(N3CCC(CCC)CC3)nc3c2CCN(c2cc(O)cc4ccccc24)C3)CC1. The van der Waals surface area contributed by atoms with E-state index in [1.165, 1.54) is 37.3 Å². The van der Waals surface area contributed by atoms with Crippen LogP contribution in [-0.4, -0.2) is 71.7 Å². The average molecular weight is 541 g/mol. The van der Waals surface area contributed by atoms with Gasteiger partial charge in [-0.2, -0.15) is 4.98 Å². The number of amides is 1. The minimum Gasteiger partial charge on any atom is -0.508 e. The Morgan fingerprint density at radius 1 is 1.00 bits per heavy atom. The van der Waals surface area contributed by atoms with Crippen LogP contribution in [0.15, 0.2) is 49.1 Å². The molecule has 40 heavy (non-hydrogen) atoms. The molecule has 3 aromatic rings. The second-order valence-corrected chi connectivity index (χ2v) is 11.4. The molecule has 3 aliphatic heterocycles. The van der Waals surface area contributed by atoms with Gasteiger partial charge >= 0.3 is 0 Å². The zero-order valence-corrected chi connectivity index (χ0v) is 23.6. The summed E-state index contributed by atoms with van der Waals surface area (Å²) in [5, 5.41) is 12.7. The molecule has 0 radical (unpaired) electrons. The fraction of sp³-hybridized carbons (Fsp3) is 0.469. The van der Waals surface area contributed by atoms with Crippen LogP contribution in [0.3, 0.4) is 0 Å². The number of hydrogen-bond donors (Lipinski definition) is 1. The van der Waals surface area contributed by atoms with Gasteiger partial charge in [0, 0.05) is 68.5 Å². The Kier molecular flexibility index (Phi) is 7.50. The molecule has 0 spiro atoms. The summed E-state index contributed by atoms with van der Waals surface area (Å²) in [6, 6.07) is 11.9. The van der Waals surface area contributed by atoms with Crippen LogP contribution in [0.2, 0.25) is 0 Å². The van der Waals surface area contributed by atoms with Crippen molar-refractivity contribution in [1.82, 2.24) is 14.9 Å². The number of aromatic nitrogens is 2. The van der Waals surface area contributed by atoms with E-state index < -0.39 is 0 Å². The third kappa shape index (κ3) is 5.19. The summed E-state index contributed by atoms with van der Waals surface area (Å²) >= 11 is 0. The minimum atomic E-state index is -0.00557. The average Bonchev–Trinajstić information content (AvgIpc) is 3.00. The first-order valence-electron chi connectivity index (χ1n) is 14.8. The maximum absolute atomic E-state index is 12.2. The molecule has 0 bridgehead atoms. The summed E-state index contributed by atoms with van der Waals surface area (Å²) in [5.41, 5.74) is 3.33. The van der Waals surface area contributed by atoms with Gasteiger partial charge in [-0.05, 0) is 42.7 Å². The molecule has 0 unspecified atom stereocenters. The quantitative estimate of drug-likeness (QED) is 0.452. The van der Waals surface area contributed by atoms with Crippen LogP contribution in [0, 0.1) is 5.92 Å². The van der Waals surface area contributed by atoms with Crippen molar-refractivity contribution in [2.75, 3.05) is 60.5 Å². The number of phenols is 1. The highest BCUT2D eigenvalue weighted by atomic mass is 16.3. The van der Waals surface area contributed by atoms with E-state index in [0.717, 1.165) is 79.0 Å². The number of aromatic hydroxyl groups is 1. The lowest BCUT2D eigenvalue weighted by atomic mass is 9.93. The molecular formula is C32H40N6O2. The van der Waals surface area contributed by atoms with Gasteiger partial charge < -0.3 is 24.7 Å². The van der Waals surface area contributed by atoms with Crippen molar-refractivity contribution in [3.63, 3.8) is 0 Å². The summed E-state index contributed by atoms with van der Waals surface area (Å²) in [6.45, 7) is 12.3. The van der Waals surface area contributed by atoms with Crippen molar-refractivity contribution < 1.29 is 9.90 Å². The molecule has 2 fully saturated rings. The molecule has 0 atom stereocenters. The lowest BCUT2D eigenvalue weighted by molar-refractivity contribution is -0.126. The molecule has 1 aromatic heterocycles. The normalized spacial score (nSPS) is 18.2. The molecule has 4 heterocycles. The van der Waals surface area contributed by atoms with E-state index >= 15 is 0 Å². The standard InChI is InChI=1S/C32H40N6O2/c1-3-7-23-10-13-37(14-11-23)32-33-28-22-38(29-21-25(39)20-24-8-5-6-9-26(24)29)15-12-27(28)31(34-32)36-18-16-35(17-19-36)30(40)4-2/h4-6,8-9,20-21,23,39H,2-3,7,10-19,22H2,1H3. The summed E-state index contributed by atoms with van der Waals surface area (Å²) < 4.78 is 0. The summed E-state index contributed by atoms with van der Waals surface area (Å²) in [4.78, 5) is 31.5. The number of phenolic OH excluding ortho intramolecular Hbond substituents is 1. The Morgan fingerprint density at radius 3 is 2.52 bits per heavy atom. The Balaban J connectivity index is 1.33. The fourth-order valence-electron chi connectivity index (χ4n) is 6.64. The highest BCUT2D eigenvalue weighted by molar-refractivity contribution is 5.95. The Hall–Kier alpha value is -3.81. The number of piperidine rings is 1. The van der Waals surface area contributed by atoms with Gasteiger partial charge in [0.25, 0.3) is 0 Å². The van der Waals surface area contributed by atoms with Crippen LogP contribution < -0.4 is 14.7 Å². The maximum Gasteiger partial charge on any atom is 0.246 e. The lowest BCUT2D eigenvalue weighted by Gasteiger charge is -2.39. The van der Waals surface area contributed by atoms with E-state index in [1.54, 1.807) is 0 Å². The van der Waals surface area contributed by atoms with E-state index in [4.69, 9.17) is 9.97 Å². The smallest absolute Gasteiger partial charge is 0.246 e. The summed E-state index contributed by atoms with van der Waals surface area (Å²) in [7, 11) is 0. The number of rotatable bonds is 6. The third-order valence-electron chi connectivity index (χ3n) is 8.86. The molecule has 3 aliphatic rings.